The van der Waals surface area contributed by atoms with Gasteiger partial charge >= 0.3 is 0 Å². The number of allylic oxidation sites excluding steroid dienone is 2. The Bertz CT molecular complexity index is 1270. The fraction of sp³-hybridized carbons (Fsp3) is 0.212. The third-order valence-corrected chi connectivity index (χ3v) is 7.13. The Labute approximate surface area is 219 Å². The summed E-state index contributed by atoms with van der Waals surface area (Å²) in [7, 11) is 0. The first-order valence-corrected chi connectivity index (χ1v) is 13.0. The highest BCUT2D eigenvalue weighted by molar-refractivity contribution is 6.08. The molecule has 3 atom stereocenters. The second kappa shape index (κ2) is 11.3. The van der Waals surface area contributed by atoms with Gasteiger partial charge in [-0.15, -0.1) is 0 Å². The quantitative estimate of drug-likeness (QED) is 0.367. The van der Waals surface area contributed by atoms with E-state index in [9.17, 15) is 9.59 Å². The van der Waals surface area contributed by atoms with Gasteiger partial charge in [-0.05, 0) is 61.6 Å². The van der Waals surface area contributed by atoms with Crippen LogP contribution in [0.3, 0.4) is 0 Å². The summed E-state index contributed by atoms with van der Waals surface area (Å²) in [4.78, 5) is 31.8. The molecule has 0 aliphatic heterocycles. The van der Waals surface area contributed by atoms with Crippen LogP contribution < -0.4 is 9.80 Å². The molecule has 2 amide bonds. The Balaban J connectivity index is 1.48. The van der Waals surface area contributed by atoms with Gasteiger partial charge in [-0.25, -0.2) is 0 Å². The molecule has 0 fully saturated rings. The summed E-state index contributed by atoms with van der Waals surface area (Å²) < 4.78 is 0. The summed E-state index contributed by atoms with van der Waals surface area (Å²) in [5.41, 5.74) is 3.23. The summed E-state index contributed by atoms with van der Waals surface area (Å²) >= 11 is 0. The highest BCUT2D eigenvalue weighted by Crippen LogP contribution is 2.34. The lowest BCUT2D eigenvalue weighted by atomic mass is 9.87. The van der Waals surface area contributed by atoms with Gasteiger partial charge in [-0.3, -0.25) is 14.5 Å². The zero-order valence-electron chi connectivity index (χ0n) is 21.1. The van der Waals surface area contributed by atoms with Gasteiger partial charge in [0.25, 0.3) is 5.91 Å². The number of hydrogen-bond donors (Lipinski definition) is 0. The number of para-hydroxylation sites is 3. The first-order valence-electron chi connectivity index (χ1n) is 13.0. The first kappa shape index (κ1) is 24.5. The van der Waals surface area contributed by atoms with E-state index in [0.717, 1.165) is 29.9 Å². The average molecular weight is 489 g/mol. The van der Waals surface area contributed by atoms with Crippen molar-refractivity contribution in [3.8, 4) is 0 Å². The van der Waals surface area contributed by atoms with Crippen LogP contribution in [0.15, 0.2) is 127 Å². The van der Waals surface area contributed by atoms with Crippen molar-refractivity contribution in [3.05, 3.63) is 127 Å². The number of rotatable bonds is 6. The van der Waals surface area contributed by atoms with Gasteiger partial charge in [0.05, 0.1) is 12.0 Å². The monoisotopic (exact) mass is 488 g/mol. The standard InChI is InChI=1S/C33H32N2O2/c1-25-14-11-12-23-31(25)35(30-21-9-4-10-22-30)33(37)27-16-13-15-26(24-27)32(36)34(28-17-5-2-6-18-28)29-19-7-3-8-20-29/h2-12,14,17-26,31H,13,15-16H2,1H3. The molecule has 186 valence electrons. The highest BCUT2D eigenvalue weighted by Gasteiger charge is 2.33. The molecule has 5 rings (SSSR count). The molecule has 4 nitrogen and oxygen atoms in total. The molecule has 0 bridgehead atoms. The number of nitrogens with zero attached hydrogens (tertiary/aromatic N) is 2. The maximum absolute atomic E-state index is 14.1. The molecule has 0 saturated heterocycles. The van der Waals surface area contributed by atoms with Crippen molar-refractivity contribution in [2.24, 2.45) is 11.8 Å². The highest BCUT2D eigenvalue weighted by atomic mass is 16.2. The van der Waals surface area contributed by atoms with Gasteiger partial charge in [0, 0.05) is 22.6 Å². The van der Waals surface area contributed by atoms with Crippen molar-refractivity contribution in [2.75, 3.05) is 9.80 Å². The van der Waals surface area contributed by atoms with E-state index in [4.69, 9.17) is 0 Å². The van der Waals surface area contributed by atoms with Crippen molar-refractivity contribution < 1.29 is 9.59 Å². The maximum Gasteiger partial charge on any atom is 0.254 e. The van der Waals surface area contributed by atoms with Crippen molar-refractivity contribution in [1.29, 1.82) is 0 Å². The van der Waals surface area contributed by atoms with Crippen LogP contribution in [-0.4, -0.2) is 17.9 Å². The van der Waals surface area contributed by atoms with Crippen LogP contribution in [-0.2, 0) is 9.59 Å². The van der Waals surface area contributed by atoms with E-state index < -0.39 is 0 Å². The number of carbonyl (C=O) groups excluding carboxylic acids is 2. The Hall–Kier alpha value is -4.18. The largest absolute Gasteiger partial charge is 0.301 e. The van der Waals surface area contributed by atoms with Crippen molar-refractivity contribution in [2.45, 2.75) is 32.2 Å². The second-order valence-corrected chi connectivity index (χ2v) is 9.67. The van der Waals surface area contributed by atoms with Crippen LogP contribution in [0.1, 0.15) is 26.2 Å². The molecule has 0 radical (unpaired) electrons. The summed E-state index contributed by atoms with van der Waals surface area (Å²) in [5, 5.41) is 0. The summed E-state index contributed by atoms with van der Waals surface area (Å²) in [6.07, 6.45) is 12.4. The van der Waals surface area contributed by atoms with E-state index in [1.165, 1.54) is 0 Å². The van der Waals surface area contributed by atoms with E-state index in [2.05, 4.69) is 19.1 Å². The van der Waals surface area contributed by atoms with E-state index in [-0.39, 0.29) is 29.7 Å². The topological polar surface area (TPSA) is 40.6 Å². The normalized spacial score (nSPS) is 20.7. The smallest absolute Gasteiger partial charge is 0.254 e. The molecular formula is C33H32N2O2. The van der Waals surface area contributed by atoms with Crippen molar-refractivity contribution >= 4 is 28.9 Å². The van der Waals surface area contributed by atoms with Crippen molar-refractivity contribution in [3.63, 3.8) is 0 Å². The summed E-state index contributed by atoms with van der Waals surface area (Å²) in [6, 6.07) is 29.2. The Morgan fingerprint density at radius 1 is 0.730 bits per heavy atom. The molecule has 2 aliphatic carbocycles. The third-order valence-electron chi connectivity index (χ3n) is 7.13. The molecule has 3 aromatic rings. The molecule has 3 unspecified atom stereocenters. The van der Waals surface area contributed by atoms with Crippen LogP contribution in [0.5, 0.6) is 0 Å². The fourth-order valence-electron chi connectivity index (χ4n) is 5.21. The summed E-state index contributed by atoms with van der Waals surface area (Å²) in [5.74, 6) is -0.221. The molecule has 0 spiro atoms. The molecule has 0 N–H and O–H groups in total. The van der Waals surface area contributed by atoms with E-state index in [0.29, 0.717) is 12.0 Å². The van der Waals surface area contributed by atoms with Gasteiger partial charge in [0.15, 0.2) is 0 Å². The Kier molecular flexibility index (Phi) is 7.46. The lowest BCUT2D eigenvalue weighted by molar-refractivity contribution is -0.120. The number of benzene rings is 3. The Morgan fingerprint density at radius 3 is 1.84 bits per heavy atom. The lowest BCUT2D eigenvalue weighted by Crippen LogP contribution is -2.44. The van der Waals surface area contributed by atoms with Crippen LogP contribution >= 0.6 is 0 Å². The van der Waals surface area contributed by atoms with Crippen LogP contribution in [0.2, 0.25) is 0 Å². The third kappa shape index (κ3) is 5.34. The van der Waals surface area contributed by atoms with Crippen molar-refractivity contribution in [1.82, 2.24) is 0 Å². The molecule has 2 aliphatic rings. The molecule has 0 saturated carbocycles. The number of hydrogen-bond acceptors (Lipinski definition) is 2. The maximum atomic E-state index is 14.1. The van der Waals surface area contributed by atoms with Gasteiger partial charge in [0.1, 0.15) is 0 Å². The predicted molar refractivity (Wildman–Crippen MR) is 151 cm³/mol. The fourth-order valence-corrected chi connectivity index (χ4v) is 5.21. The molecule has 3 aromatic carbocycles. The van der Waals surface area contributed by atoms with E-state index >= 15 is 0 Å². The van der Waals surface area contributed by atoms with E-state index in [1.54, 1.807) is 4.90 Å². The van der Waals surface area contributed by atoms with Crippen LogP contribution in [0, 0.1) is 11.8 Å². The molecule has 0 aromatic heterocycles. The minimum Gasteiger partial charge on any atom is -0.301 e. The van der Waals surface area contributed by atoms with Crippen LogP contribution in [0.25, 0.3) is 0 Å². The minimum atomic E-state index is -0.370. The van der Waals surface area contributed by atoms with Gasteiger partial charge in [0.2, 0.25) is 5.91 Å². The molecule has 4 heteroatoms. The first-order chi connectivity index (χ1) is 18.1. The van der Waals surface area contributed by atoms with E-state index in [1.807, 2.05) is 114 Å². The zero-order chi connectivity index (χ0) is 25.6. The second-order valence-electron chi connectivity index (χ2n) is 9.67. The minimum absolute atomic E-state index is 0.0116. The Morgan fingerprint density at radius 2 is 1.27 bits per heavy atom. The summed E-state index contributed by atoms with van der Waals surface area (Å²) in [6.45, 7) is 2.13. The molecular weight excluding hydrogens is 456 g/mol. The average Bonchev–Trinajstić information content (AvgIpc) is 2.96. The molecule has 37 heavy (non-hydrogen) atoms. The number of carbonyl (C=O) groups is 2. The number of anilines is 3. The predicted octanol–water partition coefficient (Wildman–Crippen LogP) is 7.24. The van der Waals surface area contributed by atoms with Gasteiger partial charge in [-0.1, -0.05) is 91.9 Å². The molecule has 0 heterocycles. The van der Waals surface area contributed by atoms with Gasteiger partial charge in [-0.2, -0.15) is 0 Å². The number of amides is 2. The van der Waals surface area contributed by atoms with Crippen LogP contribution in [0.4, 0.5) is 17.1 Å². The van der Waals surface area contributed by atoms with Gasteiger partial charge < -0.3 is 4.90 Å². The SMILES string of the molecule is CC1C=CC=CC1N(C(=O)C1=CC(C(=O)N(c2ccccc2)c2ccccc2)CCC1)c1ccccc1. The zero-order valence-corrected chi connectivity index (χ0v) is 21.1. The lowest BCUT2D eigenvalue weighted by Gasteiger charge is -2.36.